The van der Waals surface area contributed by atoms with Crippen molar-refractivity contribution < 1.29 is 18.3 Å². The lowest BCUT2D eigenvalue weighted by atomic mass is 9.96. The lowest BCUT2D eigenvalue weighted by molar-refractivity contribution is 0.0304. The predicted molar refractivity (Wildman–Crippen MR) is 64.3 cm³/mol. The number of hydrogen-bond acceptors (Lipinski definition) is 5. The van der Waals surface area contributed by atoms with E-state index >= 15 is 0 Å². The molecule has 1 fully saturated rings. The first kappa shape index (κ1) is 14.9. The molecule has 0 saturated carbocycles. The highest BCUT2D eigenvalue weighted by Crippen LogP contribution is 2.43. The summed E-state index contributed by atoms with van der Waals surface area (Å²) in [7, 11) is 5.81. The van der Waals surface area contributed by atoms with E-state index in [4.69, 9.17) is 31.4 Å². The largest absolute Gasteiger partial charge is 0.382 e. The maximum Gasteiger partial charge on any atom is 0.332 e. The molecule has 0 spiro atoms. The number of nitriles is 1. The van der Waals surface area contributed by atoms with E-state index in [1.807, 2.05) is 13.0 Å². The minimum atomic E-state index is -1.42. The van der Waals surface area contributed by atoms with E-state index in [-0.39, 0.29) is 18.2 Å². The monoisotopic (exact) mass is 257 g/mol. The summed E-state index contributed by atoms with van der Waals surface area (Å²) in [4.78, 5) is 0. The number of rotatable bonds is 7. The molecule has 2 radical (unpaired) electrons. The Morgan fingerprint density at radius 2 is 2.35 bits per heavy atom. The molecular weight excluding hydrogens is 240 g/mol. The van der Waals surface area contributed by atoms with Gasteiger partial charge in [-0.1, -0.05) is 6.92 Å². The van der Waals surface area contributed by atoms with Gasteiger partial charge in [0.05, 0.1) is 31.3 Å². The fourth-order valence-electron chi connectivity index (χ4n) is 1.62. The fraction of sp³-hybridized carbons (Fsp3) is 0.900. The molecular formula is C10H17BNO4P. The molecule has 17 heavy (non-hydrogen) atoms. The van der Waals surface area contributed by atoms with Gasteiger partial charge in [-0.2, -0.15) is 5.26 Å². The van der Waals surface area contributed by atoms with Crippen molar-refractivity contribution in [1.82, 2.24) is 0 Å². The van der Waals surface area contributed by atoms with Crippen LogP contribution in [0, 0.1) is 11.3 Å². The zero-order chi connectivity index (χ0) is 12.7. The van der Waals surface area contributed by atoms with Crippen LogP contribution in [0.3, 0.4) is 0 Å². The van der Waals surface area contributed by atoms with Crippen LogP contribution < -0.4 is 0 Å². The van der Waals surface area contributed by atoms with Gasteiger partial charge in [0, 0.05) is 13.1 Å². The van der Waals surface area contributed by atoms with Gasteiger partial charge in [-0.3, -0.25) is 0 Å². The zero-order valence-corrected chi connectivity index (χ0v) is 11.1. The smallest absolute Gasteiger partial charge is 0.332 e. The summed E-state index contributed by atoms with van der Waals surface area (Å²) in [5, 5.41) is 8.41. The average Bonchev–Trinajstić information content (AvgIpc) is 2.68. The average molecular weight is 257 g/mol. The maximum absolute atomic E-state index is 8.41. The summed E-state index contributed by atoms with van der Waals surface area (Å²) in [6.45, 7) is 2.33. The summed E-state index contributed by atoms with van der Waals surface area (Å²) in [5.41, 5.74) is 0. The van der Waals surface area contributed by atoms with E-state index in [1.165, 1.54) is 7.11 Å². The predicted octanol–water partition coefficient (Wildman–Crippen LogP) is 1.87. The van der Waals surface area contributed by atoms with Crippen LogP contribution in [0.15, 0.2) is 0 Å². The molecule has 1 aliphatic rings. The van der Waals surface area contributed by atoms with Gasteiger partial charge in [0.1, 0.15) is 7.85 Å². The molecule has 1 heterocycles. The highest BCUT2D eigenvalue weighted by molar-refractivity contribution is 7.41. The van der Waals surface area contributed by atoms with Crippen molar-refractivity contribution in [3.63, 3.8) is 0 Å². The molecule has 0 amide bonds. The van der Waals surface area contributed by atoms with Crippen LogP contribution in [-0.4, -0.2) is 39.8 Å². The highest BCUT2D eigenvalue weighted by atomic mass is 31.2. The Labute approximate surface area is 105 Å². The molecule has 1 saturated heterocycles. The Kier molecular flexibility index (Phi) is 7.02. The Bertz CT molecular complexity index is 263. The van der Waals surface area contributed by atoms with Crippen molar-refractivity contribution in [3.05, 3.63) is 0 Å². The Hall–Kier alpha value is -0.175. The van der Waals surface area contributed by atoms with Crippen molar-refractivity contribution in [3.8, 4) is 6.07 Å². The quantitative estimate of drug-likeness (QED) is 0.396. The molecule has 0 N–H and O–H groups in total. The Morgan fingerprint density at radius 1 is 1.59 bits per heavy atom. The Balaban J connectivity index is 2.36. The molecule has 5 nitrogen and oxygen atoms in total. The van der Waals surface area contributed by atoms with Gasteiger partial charge in [0.2, 0.25) is 0 Å². The molecule has 94 valence electrons. The molecule has 0 aromatic heterocycles. The van der Waals surface area contributed by atoms with E-state index in [0.29, 0.717) is 19.4 Å². The van der Waals surface area contributed by atoms with Crippen LogP contribution >= 0.6 is 8.60 Å². The number of ether oxygens (including phenoxy) is 1. The van der Waals surface area contributed by atoms with Crippen LogP contribution in [0.2, 0.25) is 0 Å². The van der Waals surface area contributed by atoms with Crippen LogP contribution in [0.4, 0.5) is 0 Å². The molecule has 4 atom stereocenters. The standard InChI is InChI=1S/C10H17BNO4P/c1-3-8-9(7-10(11)15-8)16-17(13-2)14-6-4-5-12/h8-10H,3-4,6-7H2,1-2H3. The third-order valence-corrected chi connectivity index (χ3v) is 3.55. The molecule has 0 aromatic rings. The Morgan fingerprint density at radius 3 is 2.94 bits per heavy atom. The van der Waals surface area contributed by atoms with Gasteiger partial charge >= 0.3 is 8.60 Å². The first-order valence-electron chi connectivity index (χ1n) is 5.63. The van der Waals surface area contributed by atoms with Crippen LogP contribution in [-0.2, 0) is 18.3 Å². The molecule has 7 heteroatoms. The van der Waals surface area contributed by atoms with Crippen molar-refractivity contribution in [2.24, 2.45) is 0 Å². The second-order valence-corrected chi connectivity index (χ2v) is 4.93. The van der Waals surface area contributed by atoms with Crippen LogP contribution in [0.25, 0.3) is 0 Å². The minimum absolute atomic E-state index is 0.00952. The SMILES string of the molecule is [B]C1CC(OP(OC)OCCC#N)C(CC)O1. The molecule has 0 bridgehead atoms. The van der Waals surface area contributed by atoms with Crippen LogP contribution in [0.5, 0.6) is 0 Å². The van der Waals surface area contributed by atoms with Gasteiger partial charge in [0.15, 0.2) is 0 Å². The number of nitrogens with zero attached hydrogens (tertiary/aromatic N) is 1. The summed E-state index contributed by atoms with van der Waals surface area (Å²) >= 11 is 0. The zero-order valence-electron chi connectivity index (χ0n) is 10.2. The lowest BCUT2D eigenvalue weighted by Gasteiger charge is -2.21. The first-order valence-corrected chi connectivity index (χ1v) is 6.72. The summed E-state index contributed by atoms with van der Waals surface area (Å²) < 4.78 is 21.6. The van der Waals surface area contributed by atoms with Crippen LogP contribution in [0.1, 0.15) is 26.2 Å². The topological polar surface area (TPSA) is 60.7 Å². The molecule has 0 aliphatic carbocycles. The molecule has 4 unspecified atom stereocenters. The van der Waals surface area contributed by atoms with Gasteiger partial charge in [-0.05, 0) is 12.8 Å². The van der Waals surface area contributed by atoms with E-state index in [2.05, 4.69) is 0 Å². The summed E-state index contributed by atoms with van der Waals surface area (Å²) in [5.74, 6) is 0. The fourth-order valence-corrected chi connectivity index (χ4v) is 2.56. The summed E-state index contributed by atoms with van der Waals surface area (Å²) in [6.07, 6.45) is 1.70. The first-order chi connectivity index (χ1) is 8.21. The third-order valence-electron chi connectivity index (χ3n) is 2.41. The molecule has 0 aromatic carbocycles. The van der Waals surface area contributed by atoms with Crippen molar-refractivity contribution in [1.29, 1.82) is 5.26 Å². The maximum atomic E-state index is 8.41. The van der Waals surface area contributed by atoms with Gasteiger partial charge in [-0.15, -0.1) is 0 Å². The van der Waals surface area contributed by atoms with Gasteiger partial charge in [0.25, 0.3) is 0 Å². The van der Waals surface area contributed by atoms with Crippen molar-refractivity contribution in [2.45, 2.75) is 44.4 Å². The second-order valence-electron chi connectivity index (χ2n) is 3.65. The normalized spacial score (nSPS) is 30.1. The summed E-state index contributed by atoms with van der Waals surface area (Å²) in [6, 6.07) is 1.72. The number of hydrogen-bond donors (Lipinski definition) is 0. The van der Waals surface area contributed by atoms with E-state index in [9.17, 15) is 0 Å². The van der Waals surface area contributed by atoms with Gasteiger partial charge in [-0.25, -0.2) is 0 Å². The van der Waals surface area contributed by atoms with Crippen molar-refractivity contribution in [2.75, 3.05) is 13.7 Å². The minimum Gasteiger partial charge on any atom is -0.382 e. The second kappa shape index (κ2) is 8.02. The van der Waals surface area contributed by atoms with E-state index < -0.39 is 8.60 Å². The lowest BCUT2D eigenvalue weighted by Crippen LogP contribution is -2.22. The van der Waals surface area contributed by atoms with E-state index in [1.54, 1.807) is 0 Å². The van der Waals surface area contributed by atoms with Gasteiger partial charge < -0.3 is 18.3 Å². The molecule has 1 rings (SSSR count). The van der Waals surface area contributed by atoms with Crippen molar-refractivity contribution >= 4 is 16.4 Å². The highest BCUT2D eigenvalue weighted by Gasteiger charge is 2.34. The third kappa shape index (κ3) is 4.91. The molecule has 1 aliphatic heterocycles. The van der Waals surface area contributed by atoms with E-state index in [0.717, 1.165) is 6.42 Å².